The first kappa shape index (κ1) is 27.2. The number of aromatic nitrogens is 1. The standard InChI is InChI=1S/C23H24GeN.C5H8O2.Ir/c1-23(2)20-17(12-9-13-19(20)24(3,4)5)18-14-15-25-22(21(18)23)16-10-7-6-8-11-16;1-4(6)3-5(2)7;/h6-10,12-15H,1-5H3;3,6H,1-2H3;/q-1;;/b;4-3-;. The smallest absolute Gasteiger partial charge is 0 e. The molecule has 0 atom stereocenters. The van der Waals surface area contributed by atoms with E-state index < -0.39 is 13.3 Å². The summed E-state index contributed by atoms with van der Waals surface area (Å²) in [7, 11) is 0. The molecule has 0 amide bonds. The van der Waals surface area contributed by atoms with Gasteiger partial charge in [0.25, 0.3) is 0 Å². The van der Waals surface area contributed by atoms with Crippen molar-refractivity contribution in [2.45, 2.75) is 50.4 Å². The van der Waals surface area contributed by atoms with E-state index in [0.717, 1.165) is 11.3 Å². The van der Waals surface area contributed by atoms with Crippen LogP contribution in [0.1, 0.15) is 38.8 Å². The Kier molecular flexibility index (Phi) is 8.67. The Hall–Kier alpha value is -2.01. The molecule has 1 radical (unpaired) electrons. The fraction of sp³-hybridized carbons (Fsp3) is 0.286. The van der Waals surface area contributed by atoms with Gasteiger partial charge in [0.1, 0.15) is 0 Å². The maximum atomic E-state index is 10.0. The van der Waals surface area contributed by atoms with Crippen LogP contribution in [0.2, 0.25) is 17.3 Å². The van der Waals surface area contributed by atoms with Crippen molar-refractivity contribution in [2.24, 2.45) is 0 Å². The molecule has 1 N–H and O–H groups in total. The maximum Gasteiger partial charge on any atom is 0 e. The third-order valence-corrected chi connectivity index (χ3v) is 10.0. The van der Waals surface area contributed by atoms with E-state index in [9.17, 15) is 4.79 Å². The second-order valence-corrected chi connectivity index (χ2v) is 20.4. The monoisotopic (exact) mass is 681 g/mol. The first-order valence-electron chi connectivity index (χ1n) is 10.9. The average molecular weight is 679 g/mol. The molecule has 0 fully saturated rings. The van der Waals surface area contributed by atoms with Crippen molar-refractivity contribution in [2.75, 3.05) is 0 Å². The van der Waals surface area contributed by atoms with Crippen molar-refractivity contribution >= 4 is 23.4 Å². The molecule has 0 aliphatic heterocycles. The maximum absolute atomic E-state index is 10.0. The molecule has 4 rings (SSSR count). The molecule has 175 valence electrons. The molecule has 0 spiro atoms. The molecule has 1 aliphatic rings. The van der Waals surface area contributed by atoms with Gasteiger partial charge in [0.2, 0.25) is 0 Å². The Labute approximate surface area is 214 Å². The summed E-state index contributed by atoms with van der Waals surface area (Å²) < 4.78 is 1.61. The Bertz CT molecular complexity index is 1170. The Morgan fingerprint density at radius 3 is 2.18 bits per heavy atom. The fourth-order valence-corrected chi connectivity index (χ4v) is 8.32. The van der Waals surface area contributed by atoms with Crippen LogP contribution >= 0.6 is 0 Å². The number of hydrogen-bond acceptors (Lipinski definition) is 3. The zero-order chi connectivity index (χ0) is 23.7. The van der Waals surface area contributed by atoms with Crippen LogP contribution in [0.15, 0.2) is 66.6 Å². The molecule has 1 aliphatic carbocycles. The van der Waals surface area contributed by atoms with E-state index in [0.29, 0.717) is 0 Å². The molecular formula is C28H32GeIrNO2-. The number of aliphatic hydroxyl groups excluding tert-OH is 1. The van der Waals surface area contributed by atoms with Crippen LogP contribution in [0.5, 0.6) is 0 Å². The first-order valence-corrected chi connectivity index (χ1v) is 18.3. The van der Waals surface area contributed by atoms with Crippen molar-refractivity contribution < 1.29 is 30.0 Å². The van der Waals surface area contributed by atoms with Crippen LogP contribution in [0.4, 0.5) is 0 Å². The van der Waals surface area contributed by atoms with Crippen LogP contribution in [0.25, 0.3) is 22.4 Å². The van der Waals surface area contributed by atoms with E-state index in [1.54, 1.807) is 4.40 Å². The molecular weight excluding hydrogens is 647 g/mol. The third kappa shape index (κ3) is 5.74. The molecule has 0 unspecified atom stereocenters. The van der Waals surface area contributed by atoms with Gasteiger partial charge in [-0.1, -0.05) is 0 Å². The van der Waals surface area contributed by atoms with Gasteiger partial charge in [0.15, 0.2) is 5.78 Å². The number of carbonyl (C=O) groups is 1. The van der Waals surface area contributed by atoms with Gasteiger partial charge in [-0.15, -0.1) is 0 Å². The van der Waals surface area contributed by atoms with Crippen LogP contribution < -0.4 is 4.40 Å². The van der Waals surface area contributed by atoms with Gasteiger partial charge in [-0.2, -0.15) is 0 Å². The van der Waals surface area contributed by atoms with E-state index in [1.807, 2.05) is 18.3 Å². The number of hydrogen-bond donors (Lipinski definition) is 1. The van der Waals surface area contributed by atoms with Crippen molar-refractivity contribution in [3.63, 3.8) is 0 Å². The summed E-state index contributed by atoms with van der Waals surface area (Å²) in [5.41, 5.74) is 7.75. The van der Waals surface area contributed by atoms with Gasteiger partial charge >= 0.3 is 153 Å². The second-order valence-electron chi connectivity index (χ2n) is 9.86. The third-order valence-electron chi connectivity index (χ3n) is 5.74. The number of ketones is 1. The first-order chi connectivity index (χ1) is 14.9. The van der Waals surface area contributed by atoms with Crippen molar-refractivity contribution in [1.82, 2.24) is 4.98 Å². The minimum absolute atomic E-state index is 0. The summed E-state index contributed by atoms with van der Waals surface area (Å²) in [6.45, 7) is 7.58. The van der Waals surface area contributed by atoms with Gasteiger partial charge in [-0.25, -0.2) is 0 Å². The molecule has 2 aromatic carbocycles. The summed E-state index contributed by atoms with van der Waals surface area (Å²) in [4.78, 5) is 14.8. The van der Waals surface area contributed by atoms with Crippen molar-refractivity contribution in [3.05, 3.63) is 83.8 Å². The van der Waals surface area contributed by atoms with E-state index in [1.165, 1.54) is 42.2 Å². The number of fused-ring (bicyclic) bond motifs is 3. The van der Waals surface area contributed by atoms with Gasteiger partial charge in [-0.3, -0.25) is 4.79 Å². The van der Waals surface area contributed by atoms with Crippen LogP contribution in [-0.2, 0) is 30.3 Å². The number of nitrogens with zero attached hydrogens (tertiary/aromatic N) is 1. The molecule has 3 nitrogen and oxygen atoms in total. The van der Waals surface area contributed by atoms with Crippen LogP contribution in [0.3, 0.4) is 0 Å². The predicted octanol–water partition coefficient (Wildman–Crippen LogP) is 6.43. The quantitative estimate of drug-likeness (QED) is 0.150. The van der Waals surface area contributed by atoms with Gasteiger partial charge in [0, 0.05) is 26.2 Å². The number of aliphatic hydroxyl groups is 1. The van der Waals surface area contributed by atoms with Gasteiger partial charge < -0.3 is 5.11 Å². The molecule has 0 saturated heterocycles. The molecule has 33 heavy (non-hydrogen) atoms. The molecule has 3 aromatic rings. The zero-order valence-electron chi connectivity index (χ0n) is 20.4. The van der Waals surface area contributed by atoms with E-state index in [4.69, 9.17) is 10.1 Å². The topological polar surface area (TPSA) is 50.2 Å². The summed E-state index contributed by atoms with van der Waals surface area (Å²) in [5, 5.41) is 8.36. The van der Waals surface area contributed by atoms with Crippen molar-refractivity contribution in [1.29, 1.82) is 0 Å². The molecule has 0 saturated carbocycles. The number of allylic oxidation sites excluding steroid dienone is 2. The minimum Gasteiger partial charge on any atom is 0 e. The Balaban J connectivity index is 0.000000423. The Morgan fingerprint density at radius 2 is 1.67 bits per heavy atom. The van der Waals surface area contributed by atoms with E-state index in [2.05, 4.69) is 73.6 Å². The summed E-state index contributed by atoms with van der Waals surface area (Å²) in [6, 6.07) is 20.6. The molecule has 1 aromatic heterocycles. The van der Waals surface area contributed by atoms with Gasteiger partial charge in [0.05, 0.1) is 5.76 Å². The van der Waals surface area contributed by atoms with E-state index in [-0.39, 0.29) is 37.1 Å². The molecule has 0 bridgehead atoms. The minimum atomic E-state index is -1.99. The van der Waals surface area contributed by atoms with Crippen LogP contribution in [0, 0.1) is 6.07 Å². The number of rotatable bonds is 3. The normalized spacial score (nSPS) is 13.7. The summed E-state index contributed by atoms with van der Waals surface area (Å²) in [5.74, 6) is 7.39. The molecule has 5 heteroatoms. The molecule has 1 heterocycles. The Morgan fingerprint density at radius 1 is 1.00 bits per heavy atom. The average Bonchev–Trinajstić information content (AvgIpc) is 2.95. The van der Waals surface area contributed by atoms with Crippen molar-refractivity contribution in [3.8, 4) is 22.4 Å². The SMILES string of the molecule is CC(=O)/C=C(/C)O.CC1(C)c2c(ccc[c]2[Ge]([CH3])([CH3])[CH3])-c2ccnc(-c3[c-]cccc3)c21.[Ir]. The largest absolute Gasteiger partial charge is 0 e. The zero-order valence-corrected chi connectivity index (χ0v) is 24.9. The predicted molar refractivity (Wildman–Crippen MR) is 136 cm³/mol. The second kappa shape index (κ2) is 10.5. The number of carbonyl (C=O) groups excluding carboxylic acids is 1. The van der Waals surface area contributed by atoms with Gasteiger partial charge in [-0.05, 0) is 13.8 Å². The summed E-state index contributed by atoms with van der Waals surface area (Å²) >= 11 is -1.99. The van der Waals surface area contributed by atoms with Crippen LogP contribution in [-0.4, -0.2) is 29.1 Å². The fourth-order valence-electron chi connectivity index (χ4n) is 4.56. The van der Waals surface area contributed by atoms with E-state index >= 15 is 0 Å². The number of pyridine rings is 1. The summed E-state index contributed by atoms with van der Waals surface area (Å²) in [6.07, 6.45) is 3.12. The number of benzene rings is 2.